The van der Waals surface area contributed by atoms with E-state index in [1.165, 1.54) is 6.07 Å². The van der Waals surface area contributed by atoms with Crippen molar-refractivity contribution in [1.82, 2.24) is 4.72 Å². The summed E-state index contributed by atoms with van der Waals surface area (Å²) >= 11 is 0. The molecule has 1 heterocycles. The Kier molecular flexibility index (Phi) is 4.43. The molecular formula is C18H20N2O3S. The minimum atomic E-state index is -3.61. The van der Waals surface area contributed by atoms with Crippen molar-refractivity contribution in [3.63, 3.8) is 0 Å². The van der Waals surface area contributed by atoms with E-state index in [1.807, 2.05) is 37.3 Å². The predicted octanol–water partition coefficient (Wildman–Crippen LogP) is 2.82. The highest BCUT2D eigenvalue weighted by Gasteiger charge is 2.28. The number of hydrogen-bond donors (Lipinski definition) is 2. The van der Waals surface area contributed by atoms with Crippen LogP contribution in [0.15, 0.2) is 53.4 Å². The molecule has 0 unspecified atom stereocenters. The summed E-state index contributed by atoms with van der Waals surface area (Å²) in [5, 5.41) is 2.74. The molecule has 0 aromatic heterocycles. The lowest BCUT2D eigenvalue weighted by Crippen LogP contribution is -2.27. The zero-order chi connectivity index (χ0) is 17.3. The van der Waals surface area contributed by atoms with E-state index in [1.54, 1.807) is 19.1 Å². The molecule has 0 spiro atoms. The SMILES string of the molecule is C[C@H](CNS(=O)(=O)c1ccc2c(c1)[C@@H](C)C(=O)N2)c1ccccc1. The van der Waals surface area contributed by atoms with E-state index in [9.17, 15) is 13.2 Å². The van der Waals surface area contributed by atoms with E-state index in [2.05, 4.69) is 10.0 Å². The fraction of sp³-hybridized carbons (Fsp3) is 0.278. The van der Waals surface area contributed by atoms with Crippen molar-refractivity contribution in [1.29, 1.82) is 0 Å². The summed E-state index contributed by atoms with van der Waals surface area (Å²) in [4.78, 5) is 11.9. The molecule has 2 aromatic rings. The maximum atomic E-state index is 12.5. The molecule has 1 aliphatic rings. The average molecular weight is 344 g/mol. The molecule has 3 rings (SSSR count). The highest BCUT2D eigenvalue weighted by molar-refractivity contribution is 7.89. The molecule has 0 aliphatic carbocycles. The van der Waals surface area contributed by atoms with Crippen LogP contribution in [0.4, 0.5) is 5.69 Å². The zero-order valence-corrected chi connectivity index (χ0v) is 14.4. The highest BCUT2D eigenvalue weighted by atomic mass is 32.2. The molecular weight excluding hydrogens is 324 g/mol. The number of fused-ring (bicyclic) bond motifs is 1. The van der Waals surface area contributed by atoms with Crippen LogP contribution in [0.5, 0.6) is 0 Å². The Labute approximate surface area is 142 Å². The van der Waals surface area contributed by atoms with Gasteiger partial charge in [0.1, 0.15) is 0 Å². The van der Waals surface area contributed by atoms with Crippen LogP contribution in [0.2, 0.25) is 0 Å². The third kappa shape index (κ3) is 3.20. The van der Waals surface area contributed by atoms with Crippen LogP contribution in [-0.2, 0) is 14.8 Å². The van der Waals surface area contributed by atoms with Gasteiger partial charge in [-0.05, 0) is 42.2 Å². The van der Waals surface area contributed by atoms with Crippen molar-refractivity contribution in [3.8, 4) is 0 Å². The van der Waals surface area contributed by atoms with Gasteiger partial charge in [-0.25, -0.2) is 13.1 Å². The second-order valence-corrected chi connectivity index (χ2v) is 7.89. The first-order valence-electron chi connectivity index (χ1n) is 7.88. The quantitative estimate of drug-likeness (QED) is 0.876. The number of carbonyl (C=O) groups excluding carboxylic acids is 1. The third-order valence-corrected chi connectivity index (χ3v) is 5.82. The Morgan fingerprint density at radius 3 is 2.58 bits per heavy atom. The smallest absolute Gasteiger partial charge is 0.240 e. The van der Waals surface area contributed by atoms with Crippen LogP contribution < -0.4 is 10.0 Å². The molecule has 6 heteroatoms. The lowest BCUT2D eigenvalue weighted by Gasteiger charge is -2.14. The molecule has 2 aromatic carbocycles. The standard InChI is InChI=1S/C18H20N2O3S/c1-12(14-6-4-3-5-7-14)11-19-24(22,23)15-8-9-17-16(10-15)13(2)18(21)20-17/h3-10,12-13,19H,11H2,1-2H3,(H,20,21)/t12-,13-/m1/s1. The van der Waals surface area contributed by atoms with Crippen LogP contribution in [0, 0.1) is 0 Å². The van der Waals surface area contributed by atoms with Crippen LogP contribution in [0.25, 0.3) is 0 Å². The zero-order valence-electron chi connectivity index (χ0n) is 13.6. The predicted molar refractivity (Wildman–Crippen MR) is 93.5 cm³/mol. The fourth-order valence-electron chi connectivity index (χ4n) is 2.78. The average Bonchev–Trinajstić information content (AvgIpc) is 2.87. The van der Waals surface area contributed by atoms with Gasteiger partial charge in [-0.3, -0.25) is 4.79 Å². The molecule has 24 heavy (non-hydrogen) atoms. The topological polar surface area (TPSA) is 75.3 Å². The number of carbonyl (C=O) groups is 1. The molecule has 2 atom stereocenters. The lowest BCUT2D eigenvalue weighted by molar-refractivity contribution is -0.116. The van der Waals surface area contributed by atoms with Crippen LogP contribution in [-0.4, -0.2) is 20.9 Å². The second kappa shape index (κ2) is 6.37. The number of hydrogen-bond acceptors (Lipinski definition) is 3. The lowest BCUT2D eigenvalue weighted by atomic mass is 10.0. The molecule has 0 radical (unpaired) electrons. The van der Waals surface area contributed by atoms with Crippen molar-refractivity contribution in [2.75, 3.05) is 11.9 Å². The van der Waals surface area contributed by atoms with Gasteiger partial charge in [-0.2, -0.15) is 0 Å². The van der Waals surface area contributed by atoms with E-state index in [4.69, 9.17) is 0 Å². The van der Waals surface area contributed by atoms with Crippen molar-refractivity contribution in [3.05, 3.63) is 59.7 Å². The van der Waals surface area contributed by atoms with E-state index in [0.29, 0.717) is 12.2 Å². The fourth-order valence-corrected chi connectivity index (χ4v) is 3.95. The van der Waals surface area contributed by atoms with Crippen molar-refractivity contribution in [2.45, 2.75) is 30.6 Å². The van der Waals surface area contributed by atoms with E-state index in [-0.39, 0.29) is 22.6 Å². The van der Waals surface area contributed by atoms with Gasteiger partial charge in [0.15, 0.2) is 0 Å². The second-order valence-electron chi connectivity index (χ2n) is 6.12. The van der Waals surface area contributed by atoms with Gasteiger partial charge in [0.05, 0.1) is 10.8 Å². The first-order chi connectivity index (χ1) is 11.4. The summed E-state index contributed by atoms with van der Waals surface area (Å²) < 4.78 is 27.7. The summed E-state index contributed by atoms with van der Waals surface area (Å²) in [7, 11) is -3.61. The van der Waals surface area contributed by atoms with Gasteiger partial charge in [-0.1, -0.05) is 37.3 Å². The molecule has 5 nitrogen and oxygen atoms in total. The number of amides is 1. The summed E-state index contributed by atoms with van der Waals surface area (Å²) in [5.41, 5.74) is 2.49. The van der Waals surface area contributed by atoms with Gasteiger partial charge in [0.25, 0.3) is 0 Å². The summed E-state index contributed by atoms with van der Waals surface area (Å²) in [6, 6.07) is 14.5. The monoisotopic (exact) mass is 344 g/mol. The van der Waals surface area contributed by atoms with Gasteiger partial charge in [0.2, 0.25) is 15.9 Å². The van der Waals surface area contributed by atoms with Gasteiger partial charge in [0, 0.05) is 12.2 Å². The molecule has 0 bridgehead atoms. The Hall–Kier alpha value is -2.18. The Bertz CT molecular complexity index is 863. The largest absolute Gasteiger partial charge is 0.325 e. The maximum absolute atomic E-state index is 12.5. The van der Waals surface area contributed by atoms with Gasteiger partial charge < -0.3 is 5.32 Å². The molecule has 1 amide bonds. The van der Waals surface area contributed by atoms with Crippen LogP contribution >= 0.6 is 0 Å². The first kappa shape index (κ1) is 16.7. The number of nitrogens with one attached hydrogen (secondary N) is 2. The maximum Gasteiger partial charge on any atom is 0.240 e. The van der Waals surface area contributed by atoms with Crippen molar-refractivity contribution in [2.24, 2.45) is 0 Å². The van der Waals surface area contributed by atoms with Gasteiger partial charge in [-0.15, -0.1) is 0 Å². The third-order valence-electron chi connectivity index (χ3n) is 4.40. The normalized spacial score (nSPS) is 18.1. The molecule has 0 fully saturated rings. The van der Waals surface area contributed by atoms with Crippen molar-refractivity contribution < 1.29 is 13.2 Å². The molecule has 0 saturated heterocycles. The Morgan fingerprint density at radius 2 is 1.88 bits per heavy atom. The Balaban J connectivity index is 1.76. The number of benzene rings is 2. The van der Waals surface area contributed by atoms with Crippen LogP contribution in [0.1, 0.15) is 36.8 Å². The van der Waals surface area contributed by atoms with Crippen LogP contribution in [0.3, 0.4) is 0 Å². The summed E-state index contributed by atoms with van der Waals surface area (Å²) in [5.74, 6) is -0.374. The van der Waals surface area contributed by atoms with E-state index in [0.717, 1.165) is 11.1 Å². The minimum Gasteiger partial charge on any atom is -0.325 e. The van der Waals surface area contributed by atoms with Gasteiger partial charge >= 0.3 is 0 Å². The summed E-state index contributed by atoms with van der Waals surface area (Å²) in [6.07, 6.45) is 0. The molecule has 126 valence electrons. The number of sulfonamides is 1. The van der Waals surface area contributed by atoms with E-state index < -0.39 is 10.0 Å². The Morgan fingerprint density at radius 1 is 1.17 bits per heavy atom. The number of rotatable bonds is 5. The molecule has 0 saturated carbocycles. The molecule has 2 N–H and O–H groups in total. The van der Waals surface area contributed by atoms with E-state index >= 15 is 0 Å². The summed E-state index contributed by atoms with van der Waals surface area (Å²) in [6.45, 7) is 4.06. The highest BCUT2D eigenvalue weighted by Crippen LogP contribution is 2.33. The number of anilines is 1. The van der Waals surface area contributed by atoms with Crippen molar-refractivity contribution >= 4 is 21.6 Å². The minimum absolute atomic E-state index is 0.0672. The molecule has 1 aliphatic heterocycles. The first-order valence-corrected chi connectivity index (χ1v) is 9.36.